The second-order valence-electron chi connectivity index (χ2n) is 18.0. The number of rotatable bonds is 9. The van der Waals surface area contributed by atoms with Crippen molar-refractivity contribution in [3.05, 3.63) is 301 Å². The van der Waals surface area contributed by atoms with E-state index in [1.165, 1.54) is 83.1 Å². The van der Waals surface area contributed by atoms with Crippen molar-refractivity contribution >= 4 is 38.9 Å². The molecule has 0 spiro atoms. The summed E-state index contributed by atoms with van der Waals surface area (Å²) in [4.78, 5) is 2.37. The first-order chi connectivity index (χ1) is 34.2. The number of benzene rings is 11. The summed E-state index contributed by atoms with van der Waals surface area (Å²) in [6.45, 7) is 0. The largest absolute Gasteiger partial charge is 0.310 e. The Morgan fingerprint density at radius 1 is 0.275 bits per heavy atom. The maximum Gasteiger partial charge on any atom is 0.0713 e. The Kier molecular flexibility index (Phi) is 9.77. The van der Waals surface area contributed by atoms with E-state index in [4.69, 9.17) is 0 Å². The molecular weight excluding hydrogens is 833 g/mol. The van der Waals surface area contributed by atoms with E-state index < -0.39 is 5.41 Å². The van der Waals surface area contributed by atoms with Gasteiger partial charge in [0.1, 0.15) is 0 Å². The zero-order valence-corrected chi connectivity index (χ0v) is 38.0. The number of anilines is 3. The lowest BCUT2D eigenvalue weighted by molar-refractivity contribution is 0.768. The maximum atomic E-state index is 2.48. The zero-order valence-electron chi connectivity index (χ0n) is 38.0. The molecule has 0 fully saturated rings. The van der Waals surface area contributed by atoms with Gasteiger partial charge in [0.25, 0.3) is 0 Å². The van der Waals surface area contributed by atoms with Gasteiger partial charge in [0, 0.05) is 33.4 Å². The van der Waals surface area contributed by atoms with Crippen LogP contribution >= 0.6 is 0 Å². The predicted molar refractivity (Wildman–Crippen MR) is 289 cm³/mol. The van der Waals surface area contributed by atoms with Crippen molar-refractivity contribution in [1.82, 2.24) is 4.57 Å². The summed E-state index contributed by atoms with van der Waals surface area (Å²) < 4.78 is 2.48. The van der Waals surface area contributed by atoms with Gasteiger partial charge in [-0.15, -0.1) is 0 Å². The van der Waals surface area contributed by atoms with E-state index >= 15 is 0 Å². The molecule has 69 heavy (non-hydrogen) atoms. The fourth-order valence-electron chi connectivity index (χ4n) is 11.2. The molecule has 0 atom stereocenters. The fourth-order valence-corrected chi connectivity index (χ4v) is 11.2. The second kappa shape index (κ2) is 16.7. The molecule has 12 aromatic rings. The molecular formula is C67H46N2. The van der Waals surface area contributed by atoms with Gasteiger partial charge in [-0.2, -0.15) is 0 Å². The Hall–Kier alpha value is -8.98. The first-order valence-electron chi connectivity index (χ1n) is 23.8. The van der Waals surface area contributed by atoms with Gasteiger partial charge in [-0.1, -0.05) is 218 Å². The number of hydrogen-bond acceptors (Lipinski definition) is 1. The molecule has 1 heterocycles. The molecule has 0 saturated heterocycles. The van der Waals surface area contributed by atoms with Crippen LogP contribution in [0.1, 0.15) is 22.3 Å². The standard InChI is InChI=1S/C67H46N2/c1-6-20-47(21-7-1)48-34-38-55(39-35-48)68(54-28-14-5-15-29-54)56-40-41-59-58-31-17-19-33-64(58)69(66(59)46-56)65-43-37-51(44-60(65)49-22-8-2-9-23-49)50-36-42-63-61(45-50)57-30-16-18-32-62(57)67(63,52-24-10-3-11-25-52)53-26-12-4-13-27-53/h1-46H. The lowest BCUT2D eigenvalue weighted by atomic mass is 9.67. The number of fused-ring (bicyclic) bond motifs is 6. The highest BCUT2D eigenvalue weighted by Crippen LogP contribution is 2.57. The summed E-state index contributed by atoms with van der Waals surface area (Å²) in [7, 11) is 0. The van der Waals surface area contributed by atoms with Crippen molar-refractivity contribution in [2.75, 3.05) is 4.90 Å². The van der Waals surface area contributed by atoms with Gasteiger partial charge in [-0.25, -0.2) is 0 Å². The van der Waals surface area contributed by atoms with Crippen LogP contribution in [-0.4, -0.2) is 4.57 Å². The molecule has 0 unspecified atom stereocenters. The van der Waals surface area contributed by atoms with Crippen molar-refractivity contribution in [2.24, 2.45) is 0 Å². The van der Waals surface area contributed by atoms with Gasteiger partial charge in [-0.3, -0.25) is 0 Å². The minimum atomic E-state index is -0.441. The number of hydrogen-bond donors (Lipinski definition) is 0. The molecule has 1 aliphatic carbocycles. The summed E-state index contributed by atoms with van der Waals surface area (Å²) in [5.41, 5.74) is 21.1. The van der Waals surface area contributed by atoms with Crippen LogP contribution in [-0.2, 0) is 5.41 Å². The number of aromatic nitrogens is 1. The molecule has 2 heteroatoms. The van der Waals surface area contributed by atoms with Crippen molar-refractivity contribution in [1.29, 1.82) is 0 Å². The predicted octanol–water partition coefficient (Wildman–Crippen LogP) is 17.6. The highest BCUT2D eigenvalue weighted by Gasteiger charge is 2.46. The summed E-state index contributed by atoms with van der Waals surface area (Å²) in [6, 6.07) is 102. The van der Waals surface area contributed by atoms with E-state index in [0.717, 1.165) is 28.3 Å². The van der Waals surface area contributed by atoms with Gasteiger partial charge in [-0.05, 0) is 122 Å². The Balaban J connectivity index is 0.988. The quantitative estimate of drug-likeness (QED) is 0.140. The molecule has 0 radical (unpaired) electrons. The Bertz CT molecular complexity index is 3760. The molecule has 2 nitrogen and oxygen atoms in total. The lowest BCUT2D eigenvalue weighted by Crippen LogP contribution is -2.28. The minimum Gasteiger partial charge on any atom is -0.310 e. The smallest absolute Gasteiger partial charge is 0.0713 e. The first kappa shape index (κ1) is 40.3. The van der Waals surface area contributed by atoms with Crippen LogP contribution in [0.4, 0.5) is 17.1 Å². The number of nitrogens with zero attached hydrogens (tertiary/aromatic N) is 2. The van der Waals surface area contributed by atoms with Crippen LogP contribution in [0.5, 0.6) is 0 Å². The molecule has 0 bridgehead atoms. The van der Waals surface area contributed by atoms with Crippen LogP contribution < -0.4 is 4.90 Å². The average molecular weight is 879 g/mol. The molecule has 324 valence electrons. The monoisotopic (exact) mass is 878 g/mol. The van der Waals surface area contributed by atoms with Gasteiger partial charge >= 0.3 is 0 Å². The SMILES string of the molecule is c1ccc(-c2ccc(N(c3ccccc3)c3ccc4c5ccccc5n(-c5ccc(-c6ccc7c(c6)-c6ccccc6C7(c6ccccc6)c6ccccc6)cc5-c5ccccc5)c4c3)cc2)cc1. The van der Waals surface area contributed by atoms with Gasteiger partial charge in [0.15, 0.2) is 0 Å². The third-order valence-corrected chi connectivity index (χ3v) is 14.3. The zero-order chi connectivity index (χ0) is 45.7. The van der Waals surface area contributed by atoms with E-state index in [2.05, 4.69) is 289 Å². The van der Waals surface area contributed by atoms with E-state index in [0.29, 0.717) is 0 Å². The topological polar surface area (TPSA) is 8.17 Å². The normalized spacial score (nSPS) is 12.5. The van der Waals surface area contributed by atoms with Crippen molar-refractivity contribution in [2.45, 2.75) is 5.41 Å². The van der Waals surface area contributed by atoms with E-state index in [1.54, 1.807) is 0 Å². The van der Waals surface area contributed by atoms with E-state index in [1.807, 2.05) is 0 Å². The summed E-state index contributed by atoms with van der Waals surface area (Å²) in [5, 5.41) is 2.43. The number of para-hydroxylation sites is 2. The third-order valence-electron chi connectivity index (χ3n) is 14.3. The summed E-state index contributed by atoms with van der Waals surface area (Å²) >= 11 is 0. The molecule has 1 aliphatic rings. The van der Waals surface area contributed by atoms with E-state index in [9.17, 15) is 0 Å². The summed E-state index contributed by atoms with van der Waals surface area (Å²) in [6.07, 6.45) is 0. The highest BCUT2D eigenvalue weighted by molar-refractivity contribution is 6.11. The van der Waals surface area contributed by atoms with Crippen LogP contribution in [0.3, 0.4) is 0 Å². The maximum absolute atomic E-state index is 2.48. The lowest BCUT2D eigenvalue weighted by Gasteiger charge is -2.33. The highest BCUT2D eigenvalue weighted by atomic mass is 15.1. The average Bonchev–Trinajstić information content (AvgIpc) is 3.92. The molecule has 0 saturated carbocycles. The molecule has 0 aliphatic heterocycles. The second-order valence-corrected chi connectivity index (χ2v) is 18.0. The molecule has 13 rings (SSSR count). The van der Waals surface area contributed by atoms with Crippen LogP contribution in [0, 0.1) is 0 Å². The van der Waals surface area contributed by atoms with Crippen LogP contribution in [0.2, 0.25) is 0 Å². The van der Waals surface area contributed by atoms with Crippen LogP contribution in [0.15, 0.2) is 279 Å². The van der Waals surface area contributed by atoms with Crippen molar-refractivity contribution < 1.29 is 0 Å². The molecule has 1 aromatic heterocycles. The third kappa shape index (κ3) is 6.64. The first-order valence-corrected chi connectivity index (χ1v) is 23.8. The Morgan fingerprint density at radius 2 is 0.754 bits per heavy atom. The van der Waals surface area contributed by atoms with Crippen molar-refractivity contribution in [3.63, 3.8) is 0 Å². The minimum absolute atomic E-state index is 0.441. The van der Waals surface area contributed by atoms with Gasteiger partial charge in [0.2, 0.25) is 0 Å². The fraction of sp³-hybridized carbons (Fsp3) is 0.0149. The van der Waals surface area contributed by atoms with E-state index in [-0.39, 0.29) is 0 Å². The van der Waals surface area contributed by atoms with Crippen LogP contribution in [0.25, 0.3) is 72.0 Å². The van der Waals surface area contributed by atoms with Gasteiger partial charge in [0.05, 0.1) is 22.1 Å². The Morgan fingerprint density at radius 3 is 1.45 bits per heavy atom. The Labute approximate surface area is 403 Å². The van der Waals surface area contributed by atoms with Crippen molar-refractivity contribution in [3.8, 4) is 50.2 Å². The molecule has 11 aromatic carbocycles. The molecule has 0 amide bonds. The van der Waals surface area contributed by atoms with Gasteiger partial charge < -0.3 is 9.47 Å². The molecule has 0 N–H and O–H groups in total. The summed E-state index contributed by atoms with van der Waals surface area (Å²) in [5.74, 6) is 0.